The van der Waals surface area contributed by atoms with Crippen molar-refractivity contribution < 1.29 is 19.4 Å². The smallest absolute Gasteiger partial charge is 0.333 e. The Morgan fingerprint density at radius 3 is 2.26 bits per heavy atom. The van der Waals surface area contributed by atoms with Crippen molar-refractivity contribution in [2.75, 3.05) is 25.0 Å². The molecule has 0 aliphatic rings. The number of ether oxygens (including phenoxy) is 1. The monoisotopic (exact) mass is 482 g/mol. The number of hydrogen-bond donors (Lipinski definition) is 2. The number of carbonyl (C=O) groups is 2. The summed E-state index contributed by atoms with van der Waals surface area (Å²) in [6.07, 6.45) is 5.99. The average molecular weight is 483 g/mol. The van der Waals surface area contributed by atoms with E-state index in [1.54, 1.807) is 6.92 Å². The van der Waals surface area contributed by atoms with Crippen LogP contribution in [0.2, 0.25) is 0 Å². The molecule has 6 nitrogen and oxygen atoms in total. The van der Waals surface area contributed by atoms with Gasteiger partial charge < -0.3 is 20.1 Å². The second-order valence-corrected chi connectivity index (χ2v) is 9.20. The maximum atomic E-state index is 13.1. The number of aliphatic carboxylic acids is 1. The molecule has 0 heterocycles. The van der Waals surface area contributed by atoms with Crippen LogP contribution in [0, 0.1) is 13.8 Å². The number of amides is 2. The fourth-order valence-corrected chi connectivity index (χ4v) is 4.11. The molecule has 2 aromatic carbocycles. The van der Waals surface area contributed by atoms with Gasteiger partial charge in [-0.2, -0.15) is 0 Å². The summed E-state index contributed by atoms with van der Waals surface area (Å²) >= 11 is 0. The van der Waals surface area contributed by atoms with E-state index in [9.17, 15) is 14.7 Å². The lowest BCUT2D eigenvalue weighted by molar-refractivity contribution is -0.149. The van der Waals surface area contributed by atoms with E-state index in [0.29, 0.717) is 19.6 Å². The van der Waals surface area contributed by atoms with Crippen molar-refractivity contribution in [3.63, 3.8) is 0 Å². The predicted octanol–water partition coefficient (Wildman–Crippen LogP) is 6.38. The van der Waals surface area contributed by atoms with E-state index < -0.39 is 12.1 Å². The summed E-state index contributed by atoms with van der Waals surface area (Å²) in [6.45, 7) is 9.78. The Balaban J connectivity index is 2.00. The number of benzene rings is 2. The van der Waals surface area contributed by atoms with Gasteiger partial charge >= 0.3 is 12.0 Å². The maximum Gasteiger partial charge on any atom is 0.333 e. The van der Waals surface area contributed by atoms with Gasteiger partial charge in [0.1, 0.15) is 0 Å². The largest absolute Gasteiger partial charge is 0.479 e. The van der Waals surface area contributed by atoms with E-state index in [2.05, 4.69) is 18.3 Å². The highest BCUT2D eigenvalue weighted by Gasteiger charge is 2.18. The summed E-state index contributed by atoms with van der Waals surface area (Å²) in [7, 11) is 0. The highest BCUT2D eigenvalue weighted by Crippen LogP contribution is 2.17. The fourth-order valence-electron chi connectivity index (χ4n) is 4.11. The molecule has 2 rings (SSSR count). The molecule has 0 aliphatic carbocycles. The van der Waals surface area contributed by atoms with Gasteiger partial charge in [0.2, 0.25) is 0 Å². The second-order valence-electron chi connectivity index (χ2n) is 9.20. The lowest BCUT2D eigenvalue weighted by Gasteiger charge is -2.24. The zero-order valence-corrected chi connectivity index (χ0v) is 21.8. The van der Waals surface area contributed by atoms with Crippen molar-refractivity contribution in [3.05, 3.63) is 64.7 Å². The molecule has 0 aliphatic heterocycles. The molecule has 192 valence electrons. The molecular weight excluding hydrogens is 440 g/mol. The number of nitrogens with zero attached hydrogens (tertiary/aromatic N) is 1. The number of nitrogens with one attached hydrogen (secondary N) is 1. The van der Waals surface area contributed by atoms with Gasteiger partial charge in [0, 0.05) is 31.8 Å². The minimum Gasteiger partial charge on any atom is -0.479 e. The minimum atomic E-state index is -0.944. The molecule has 0 bridgehead atoms. The molecule has 0 radical (unpaired) electrons. The highest BCUT2D eigenvalue weighted by molar-refractivity contribution is 5.90. The SMILES string of the molecule is CCCCCCCN(CCc1ccc(C[C@H](OCC)C(=O)O)cc1)C(=O)Nc1ccc(C)cc1C. The number of carboxylic acids is 1. The standard InChI is InChI=1S/C29H42N2O4/c1-5-7-8-9-10-18-31(29(34)30-26-16-11-22(3)20-23(26)4)19-17-24-12-14-25(15-13-24)21-27(28(32)33)35-6-2/h11-16,20,27H,5-10,17-19,21H2,1-4H3,(H,30,34)(H,32,33)/t27-/m0/s1. The predicted molar refractivity (Wildman–Crippen MR) is 142 cm³/mol. The maximum absolute atomic E-state index is 13.1. The third-order valence-electron chi connectivity index (χ3n) is 6.20. The highest BCUT2D eigenvalue weighted by atomic mass is 16.5. The van der Waals surface area contributed by atoms with Crippen LogP contribution in [0.1, 0.15) is 68.2 Å². The Hall–Kier alpha value is -2.86. The molecule has 0 fully saturated rings. The molecule has 35 heavy (non-hydrogen) atoms. The quantitative estimate of drug-likeness (QED) is 0.289. The summed E-state index contributed by atoms with van der Waals surface area (Å²) in [6, 6.07) is 13.9. The van der Waals surface area contributed by atoms with Gasteiger partial charge in [-0.25, -0.2) is 9.59 Å². The van der Waals surface area contributed by atoms with Crippen molar-refractivity contribution in [1.82, 2.24) is 4.90 Å². The lowest BCUT2D eigenvalue weighted by Crippen LogP contribution is -2.37. The number of anilines is 1. The van der Waals surface area contributed by atoms with Crippen LogP contribution in [0.15, 0.2) is 42.5 Å². The summed E-state index contributed by atoms with van der Waals surface area (Å²) in [5.41, 5.74) is 5.13. The van der Waals surface area contributed by atoms with Gasteiger partial charge in [0.15, 0.2) is 6.10 Å². The van der Waals surface area contributed by atoms with Crippen molar-refractivity contribution in [1.29, 1.82) is 0 Å². The first-order chi connectivity index (χ1) is 16.8. The van der Waals surface area contributed by atoms with Crippen LogP contribution >= 0.6 is 0 Å². The average Bonchev–Trinajstić information content (AvgIpc) is 2.83. The Bertz CT molecular complexity index is 927. The molecule has 2 aromatic rings. The van der Waals surface area contributed by atoms with Crippen LogP contribution in [-0.2, 0) is 22.4 Å². The molecular formula is C29H42N2O4. The summed E-state index contributed by atoms with van der Waals surface area (Å²) in [5, 5.41) is 12.4. The van der Waals surface area contributed by atoms with Crippen LogP contribution < -0.4 is 5.32 Å². The van der Waals surface area contributed by atoms with E-state index in [-0.39, 0.29) is 6.03 Å². The zero-order valence-electron chi connectivity index (χ0n) is 21.8. The zero-order chi connectivity index (χ0) is 25.6. The van der Waals surface area contributed by atoms with E-state index in [4.69, 9.17) is 4.74 Å². The first kappa shape index (κ1) is 28.4. The van der Waals surface area contributed by atoms with Crippen LogP contribution in [-0.4, -0.2) is 47.8 Å². The van der Waals surface area contributed by atoms with Crippen molar-refractivity contribution in [2.45, 2.75) is 78.7 Å². The minimum absolute atomic E-state index is 0.0647. The number of unbranched alkanes of at least 4 members (excludes halogenated alkanes) is 4. The van der Waals surface area contributed by atoms with Crippen molar-refractivity contribution >= 4 is 17.7 Å². The van der Waals surface area contributed by atoms with Crippen LogP contribution in [0.4, 0.5) is 10.5 Å². The van der Waals surface area contributed by atoms with E-state index in [1.807, 2.05) is 55.1 Å². The van der Waals surface area contributed by atoms with Gasteiger partial charge in [0.05, 0.1) is 0 Å². The molecule has 0 unspecified atom stereocenters. The Labute approximate surface area is 210 Å². The number of hydrogen-bond acceptors (Lipinski definition) is 3. The molecule has 0 spiro atoms. The lowest BCUT2D eigenvalue weighted by atomic mass is 10.0. The van der Waals surface area contributed by atoms with Gasteiger partial charge in [-0.15, -0.1) is 0 Å². The molecule has 2 N–H and O–H groups in total. The third kappa shape index (κ3) is 10.1. The number of carbonyl (C=O) groups excluding carboxylic acids is 1. The van der Waals surface area contributed by atoms with Gasteiger partial charge in [-0.1, -0.05) is 74.6 Å². The Morgan fingerprint density at radius 2 is 1.63 bits per heavy atom. The van der Waals surface area contributed by atoms with Gasteiger partial charge in [-0.3, -0.25) is 0 Å². The van der Waals surface area contributed by atoms with Crippen molar-refractivity contribution in [2.24, 2.45) is 0 Å². The van der Waals surface area contributed by atoms with Crippen molar-refractivity contribution in [3.8, 4) is 0 Å². The molecule has 1 atom stereocenters. The van der Waals surface area contributed by atoms with Crippen LogP contribution in [0.3, 0.4) is 0 Å². The fraction of sp³-hybridized carbons (Fsp3) is 0.517. The topological polar surface area (TPSA) is 78.9 Å². The van der Waals surface area contributed by atoms with E-state index in [0.717, 1.165) is 48.2 Å². The van der Waals surface area contributed by atoms with Gasteiger partial charge in [0.25, 0.3) is 0 Å². The van der Waals surface area contributed by atoms with Crippen LogP contribution in [0.5, 0.6) is 0 Å². The molecule has 2 amide bonds. The van der Waals surface area contributed by atoms with Gasteiger partial charge in [-0.05, 0) is 56.4 Å². The number of aryl methyl sites for hydroxylation is 2. The number of urea groups is 1. The first-order valence-electron chi connectivity index (χ1n) is 12.9. The molecule has 0 saturated carbocycles. The van der Waals surface area contributed by atoms with E-state index >= 15 is 0 Å². The first-order valence-corrected chi connectivity index (χ1v) is 12.9. The summed E-state index contributed by atoms with van der Waals surface area (Å²) in [5.74, 6) is -0.944. The van der Waals surface area contributed by atoms with E-state index in [1.165, 1.54) is 24.8 Å². The molecule has 0 aromatic heterocycles. The number of rotatable bonds is 15. The molecule has 0 saturated heterocycles. The van der Waals surface area contributed by atoms with Crippen LogP contribution in [0.25, 0.3) is 0 Å². The number of carboxylic acid groups (broad SMARTS) is 1. The molecule has 6 heteroatoms. The third-order valence-corrected chi connectivity index (χ3v) is 6.20. The second kappa shape index (κ2) is 15.2. The summed E-state index contributed by atoms with van der Waals surface area (Å²) < 4.78 is 5.32. The summed E-state index contributed by atoms with van der Waals surface area (Å²) in [4.78, 5) is 26.4. The Kier molecular flexibility index (Phi) is 12.3. The Morgan fingerprint density at radius 1 is 0.943 bits per heavy atom. The normalized spacial score (nSPS) is 11.8.